The highest BCUT2D eigenvalue weighted by atomic mass is 19.4. The highest BCUT2D eigenvalue weighted by Crippen LogP contribution is 2.31. The summed E-state index contributed by atoms with van der Waals surface area (Å²) in [5.41, 5.74) is 10.0. The summed E-state index contributed by atoms with van der Waals surface area (Å²) in [6.07, 6.45) is -6.24. The van der Waals surface area contributed by atoms with Crippen molar-refractivity contribution in [1.82, 2.24) is 0 Å². The molecular formula is C17H12F3N5O. The molecule has 1 aliphatic heterocycles. The number of para-hydroxylation sites is 1. The van der Waals surface area contributed by atoms with Crippen LogP contribution in [0.1, 0.15) is 11.1 Å². The second kappa shape index (κ2) is 6.89. The van der Waals surface area contributed by atoms with Crippen LogP contribution in [0.2, 0.25) is 0 Å². The molecule has 0 spiro atoms. The molecule has 0 radical (unpaired) electrons. The van der Waals surface area contributed by atoms with Crippen LogP contribution in [0, 0.1) is 0 Å². The van der Waals surface area contributed by atoms with Crippen molar-refractivity contribution in [1.29, 1.82) is 0 Å². The molecule has 6 nitrogen and oxygen atoms in total. The summed E-state index contributed by atoms with van der Waals surface area (Å²) in [6.45, 7) is -1.50. The lowest BCUT2D eigenvalue weighted by atomic mass is 10.0. The number of carbonyl (C=O) groups excluding carboxylic acids is 1. The predicted octanol–water partition coefficient (Wildman–Crippen LogP) is 4.07. The minimum absolute atomic E-state index is 0.0630. The van der Waals surface area contributed by atoms with Gasteiger partial charge in [0.2, 0.25) is 6.17 Å². The van der Waals surface area contributed by atoms with Gasteiger partial charge in [-0.05, 0) is 11.6 Å². The van der Waals surface area contributed by atoms with Gasteiger partial charge in [-0.3, -0.25) is 9.79 Å². The van der Waals surface area contributed by atoms with Crippen molar-refractivity contribution in [3.63, 3.8) is 0 Å². The van der Waals surface area contributed by atoms with Gasteiger partial charge in [0, 0.05) is 16.0 Å². The summed E-state index contributed by atoms with van der Waals surface area (Å²) < 4.78 is 39.1. The first-order chi connectivity index (χ1) is 12.4. The predicted molar refractivity (Wildman–Crippen MR) is 89.9 cm³/mol. The van der Waals surface area contributed by atoms with Crippen molar-refractivity contribution in [3.8, 4) is 0 Å². The zero-order chi connectivity index (χ0) is 18.7. The number of benzene rings is 2. The molecule has 1 atom stereocenters. The number of anilines is 1. The lowest BCUT2D eigenvalue weighted by Gasteiger charge is -2.25. The summed E-state index contributed by atoms with van der Waals surface area (Å²) in [5.74, 6) is -1.03. The second-order valence-corrected chi connectivity index (χ2v) is 5.48. The molecule has 26 heavy (non-hydrogen) atoms. The van der Waals surface area contributed by atoms with E-state index in [1.165, 1.54) is 12.1 Å². The summed E-state index contributed by atoms with van der Waals surface area (Å²) in [4.78, 5) is 19.9. The van der Waals surface area contributed by atoms with Gasteiger partial charge in [0.05, 0.1) is 11.4 Å². The van der Waals surface area contributed by atoms with E-state index in [0.29, 0.717) is 16.0 Å². The van der Waals surface area contributed by atoms with Gasteiger partial charge in [0.15, 0.2) is 0 Å². The third-order valence-electron chi connectivity index (χ3n) is 3.73. The van der Waals surface area contributed by atoms with Crippen LogP contribution in [0.15, 0.2) is 64.7 Å². The van der Waals surface area contributed by atoms with Crippen LogP contribution in [0.25, 0.3) is 10.4 Å². The van der Waals surface area contributed by atoms with Gasteiger partial charge in [-0.1, -0.05) is 53.6 Å². The number of azide groups is 1. The lowest BCUT2D eigenvalue weighted by molar-refractivity contribution is -0.133. The summed E-state index contributed by atoms with van der Waals surface area (Å²) in [5, 5.41) is 3.30. The molecule has 0 fully saturated rings. The Hall–Kier alpha value is -3.32. The fraction of sp³-hybridized carbons (Fsp3) is 0.176. The number of alkyl halides is 3. The quantitative estimate of drug-likeness (QED) is 0.462. The molecule has 1 aliphatic rings. The summed E-state index contributed by atoms with van der Waals surface area (Å²) in [7, 11) is 0. The standard InChI is InChI=1S/C17H12F3N5O/c18-17(19,20)10-25-13-9-5-4-8-12(13)14(11-6-2-1-3-7-11)22-15(16(25)26)23-24-21/h1-9,15H,10H2. The van der Waals surface area contributed by atoms with E-state index in [1.807, 2.05) is 0 Å². The lowest BCUT2D eigenvalue weighted by Crippen LogP contribution is -2.43. The average molecular weight is 359 g/mol. The molecule has 2 aromatic rings. The van der Waals surface area contributed by atoms with E-state index in [2.05, 4.69) is 15.0 Å². The van der Waals surface area contributed by atoms with Crippen molar-refractivity contribution >= 4 is 17.3 Å². The summed E-state index contributed by atoms with van der Waals surface area (Å²) >= 11 is 0. The molecule has 9 heteroatoms. The highest BCUT2D eigenvalue weighted by molar-refractivity contribution is 6.20. The monoisotopic (exact) mass is 359 g/mol. The average Bonchev–Trinajstić information content (AvgIpc) is 2.72. The van der Waals surface area contributed by atoms with Gasteiger partial charge in [-0.2, -0.15) is 13.2 Å². The van der Waals surface area contributed by atoms with E-state index in [0.717, 1.165) is 0 Å². The minimum Gasteiger partial charge on any atom is -0.301 e. The maximum absolute atomic E-state index is 13.0. The van der Waals surface area contributed by atoms with Crippen LogP contribution < -0.4 is 4.90 Å². The largest absolute Gasteiger partial charge is 0.406 e. The number of nitrogens with zero attached hydrogens (tertiary/aromatic N) is 5. The Labute approximate surface area is 146 Å². The number of benzodiazepines with no additional fused rings is 1. The molecule has 0 saturated carbocycles. The number of hydrogen-bond acceptors (Lipinski definition) is 3. The SMILES string of the molecule is [N-]=[N+]=NC1N=C(c2ccccc2)c2ccccc2N(CC(F)(F)F)C1=O. The Morgan fingerprint density at radius 1 is 1.12 bits per heavy atom. The zero-order valence-corrected chi connectivity index (χ0v) is 13.3. The van der Waals surface area contributed by atoms with Crippen LogP contribution in [-0.2, 0) is 4.79 Å². The Morgan fingerprint density at radius 2 is 1.77 bits per heavy atom. The maximum atomic E-state index is 13.0. The van der Waals surface area contributed by atoms with Crippen molar-refractivity contribution in [2.75, 3.05) is 11.4 Å². The van der Waals surface area contributed by atoms with Crippen LogP contribution in [-0.4, -0.2) is 30.5 Å². The highest BCUT2D eigenvalue weighted by Gasteiger charge is 2.39. The Morgan fingerprint density at radius 3 is 2.42 bits per heavy atom. The maximum Gasteiger partial charge on any atom is 0.406 e. The Bertz CT molecular complexity index is 904. The van der Waals surface area contributed by atoms with E-state index in [-0.39, 0.29) is 11.4 Å². The van der Waals surface area contributed by atoms with E-state index < -0.39 is 24.8 Å². The molecule has 1 unspecified atom stereocenters. The topological polar surface area (TPSA) is 81.4 Å². The molecule has 1 heterocycles. The number of hydrogen-bond donors (Lipinski definition) is 0. The van der Waals surface area contributed by atoms with Gasteiger partial charge in [-0.25, -0.2) is 0 Å². The molecule has 0 aliphatic carbocycles. The third-order valence-corrected chi connectivity index (χ3v) is 3.73. The van der Waals surface area contributed by atoms with Crippen LogP contribution in [0.5, 0.6) is 0 Å². The van der Waals surface area contributed by atoms with Crippen LogP contribution in [0.4, 0.5) is 18.9 Å². The first kappa shape index (κ1) is 17.5. The van der Waals surface area contributed by atoms with E-state index >= 15 is 0 Å². The Balaban J connectivity index is 2.24. The molecular weight excluding hydrogens is 347 g/mol. The van der Waals surface area contributed by atoms with E-state index in [4.69, 9.17) is 5.53 Å². The minimum atomic E-state index is -4.62. The normalized spacial score (nSPS) is 17.0. The smallest absolute Gasteiger partial charge is 0.301 e. The van der Waals surface area contributed by atoms with Crippen LogP contribution in [0.3, 0.4) is 0 Å². The van der Waals surface area contributed by atoms with Crippen molar-refractivity contribution < 1.29 is 18.0 Å². The van der Waals surface area contributed by atoms with Crippen molar-refractivity contribution in [2.24, 2.45) is 10.1 Å². The van der Waals surface area contributed by atoms with Gasteiger partial charge in [0.1, 0.15) is 6.54 Å². The molecule has 2 aromatic carbocycles. The molecule has 0 N–H and O–H groups in total. The molecule has 1 amide bonds. The van der Waals surface area contributed by atoms with Crippen molar-refractivity contribution in [3.05, 3.63) is 76.2 Å². The van der Waals surface area contributed by atoms with Crippen LogP contribution >= 0.6 is 0 Å². The fourth-order valence-corrected chi connectivity index (χ4v) is 2.71. The molecule has 0 saturated heterocycles. The summed E-state index contributed by atoms with van der Waals surface area (Å²) in [6, 6.07) is 14.9. The van der Waals surface area contributed by atoms with Gasteiger partial charge < -0.3 is 4.90 Å². The fourth-order valence-electron chi connectivity index (χ4n) is 2.71. The molecule has 0 bridgehead atoms. The number of rotatable bonds is 3. The van der Waals surface area contributed by atoms with Gasteiger partial charge in [-0.15, -0.1) is 0 Å². The van der Waals surface area contributed by atoms with Crippen molar-refractivity contribution in [2.45, 2.75) is 12.3 Å². The van der Waals surface area contributed by atoms with Gasteiger partial charge >= 0.3 is 6.18 Å². The molecule has 0 aromatic heterocycles. The Kier molecular flexibility index (Phi) is 4.64. The molecule has 132 valence electrons. The number of halogens is 3. The first-order valence-electron chi connectivity index (χ1n) is 7.55. The zero-order valence-electron chi connectivity index (χ0n) is 13.3. The number of amides is 1. The first-order valence-corrected chi connectivity index (χ1v) is 7.55. The number of fused-ring (bicyclic) bond motifs is 1. The van der Waals surface area contributed by atoms with E-state index in [1.54, 1.807) is 42.5 Å². The third kappa shape index (κ3) is 3.52. The number of carbonyl (C=O) groups is 1. The van der Waals surface area contributed by atoms with E-state index in [9.17, 15) is 18.0 Å². The number of aliphatic imine (C=N–C) groups is 1. The van der Waals surface area contributed by atoms with Gasteiger partial charge in [0.25, 0.3) is 5.91 Å². The molecule has 3 rings (SSSR count). The second-order valence-electron chi connectivity index (χ2n) is 5.48.